The topological polar surface area (TPSA) is 41.1 Å². The molecule has 1 heterocycles. The van der Waals surface area contributed by atoms with Gasteiger partial charge in [0.25, 0.3) is 0 Å². The Hall–Kier alpha value is -0.550. The molecule has 0 spiro atoms. The van der Waals surface area contributed by atoms with Crippen molar-refractivity contribution < 1.29 is 9.18 Å². The van der Waals surface area contributed by atoms with Gasteiger partial charge in [0.15, 0.2) is 0 Å². The van der Waals surface area contributed by atoms with E-state index >= 15 is 0 Å². The van der Waals surface area contributed by atoms with Gasteiger partial charge in [-0.3, -0.25) is 10.1 Å². The first-order valence-corrected chi connectivity index (χ1v) is 6.67. The van der Waals surface area contributed by atoms with Crippen molar-refractivity contribution >= 4 is 17.7 Å². The Morgan fingerprint density at radius 1 is 1.50 bits per heavy atom. The normalized spacial score (nSPS) is 38.6. The summed E-state index contributed by atoms with van der Waals surface area (Å²) in [5.41, 5.74) is 0.0130. The van der Waals surface area contributed by atoms with E-state index in [-0.39, 0.29) is 11.4 Å². The first kappa shape index (κ1) is 11.9. The molecule has 0 radical (unpaired) electrons. The molecule has 16 heavy (non-hydrogen) atoms. The van der Waals surface area contributed by atoms with Crippen LogP contribution in [0.15, 0.2) is 12.2 Å². The highest BCUT2D eigenvalue weighted by molar-refractivity contribution is 8.00. The average Bonchev–Trinajstić information content (AvgIpc) is 2.66. The molecule has 1 amide bonds. The smallest absolute Gasteiger partial charge is 0.218 e. The third-order valence-corrected chi connectivity index (χ3v) is 4.14. The van der Waals surface area contributed by atoms with Crippen molar-refractivity contribution in [2.45, 2.75) is 37.5 Å². The van der Waals surface area contributed by atoms with Gasteiger partial charge in [0.2, 0.25) is 5.91 Å². The number of alkyl halides is 1. The number of thioether (sulfide) groups is 1. The van der Waals surface area contributed by atoms with E-state index in [2.05, 4.69) is 10.6 Å². The fraction of sp³-hybridized carbons (Fsp3) is 0.727. The third-order valence-electron chi connectivity index (χ3n) is 3.00. The Labute approximate surface area is 99.2 Å². The number of rotatable bonds is 2. The van der Waals surface area contributed by atoms with Crippen LogP contribution in [-0.4, -0.2) is 29.4 Å². The van der Waals surface area contributed by atoms with Gasteiger partial charge in [-0.25, -0.2) is 4.39 Å². The van der Waals surface area contributed by atoms with Crippen LogP contribution in [-0.2, 0) is 4.79 Å². The Morgan fingerprint density at radius 2 is 2.31 bits per heavy atom. The zero-order valence-electron chi connectivity index (χ0n) is 9.28. The summed E-state index contributed by atoms with van der Waals surface area (Å²) in [7, 11) is 0. The molecule has 2 aliphatic rings. The largest absolute Gasteiger partial charge is 0.332 e. The lowest BCUT2D eigenvalue weighted by atomic mass is 9.89. The van der Waals surface area contributed by atoms with Gasteiger partial charge in [-0.2, -0.15) is 0 Å². The summed E-state index contributed by atoms with van der Waals surface area (Å²) in [4.78, 5) is 10.9. The van der Waals surface area contributed by atoms with E-state index in [9.17, 15) is 9.18 Å². The van der Waals surface area contributed by atoms with Crippen molar-refractivity contribution in [3.8, 4) is 0 Å². The summed E-state index contributed by atoms with van der Waals surface area (Å²) in [5.74, 6) is 1.35. The zero-order chi connectivity index (χ0) is 11.5. The molecule has 1 saturated heterocycles. The predicted octanol–water partition coefficient (Wildman–Crippen LogP) is 1.42. The second-order valence-corrected chi connectivity index (χ2v) is 5.47. The molecule has 5 heteroatoms. The molecule has 3 nitrogen and oxygen atoms in total. The van der Waals surface area contributed by atoms with Crippen LogP contribution in [0.2, 0.25) is 0 Å². The number of carbonyl (C=O) groups excluding carboxylic acids is 1. The van der Waals surface area contributed by atoms with Crippen LogP contribution in [0.3, 0.4) is 0 Å². The molecular weight excluding hydrogens is 227 g/mol. The highest BCUT2D eigenvalue weighted by atomic mass is 32.2. The van der Waals surface area contributed by atoms with Crippen LogP contribution in [0.1, 0.15) is 19.8 Å². The van der Waals surface area contributed by atoms with Crippen molar-refractivity contribution in [1.29, 1.82) is 0 Å². The minimum atomic E-state index is -0.767. The monoisotopic (exact) mass is 244 g/mol. The molecule has 2 rings (SSSR count). The molecule has 1 aliphatic heterocycles. The lowest BCUT2D eigenvalue weighted by Gasteiger charge is -2.24. The number of allylic oxidation sites excluding steroid dienone is 1. The maximum Gasteiger partial charge on any atom is 0.218 e. The van der Waals surface area contributed by atoms with E-state index in [0.29, 0.717) is 18.4 Å². The van der Waals surface area contributed by atoms with Crippen molar-refractivity contribution in [2.75, 3.05) is 5.75 Å². The van der Waals surface area contributed by atoms with Gasteiger partial charge in [-0.1, -0.05) is 12.2 Å². The summed E-state index contributed by atoms with van der Waals surface area (Å²) in [6.07, 6.45) is 4.38. The molecular formula is C11H17FN2OS. The number of hydrogen-bond acceptors (Lipinski definition) is 3. The van der Waals surface area contributed by atoms with Gasteiger partial charge in [-0.15, -0.1) is 11.8 Å². The molecule has 0 aromatic rings. The highest BCUT2D eigenvalue weighted by Gasteiger charge is 2.31. The lowest BCUT2D eigenvalue weighted by molar-refractivity contribution is -0.119. The number of amides is 1. The van der Waals surface area contributed by atoms with E-state index < -0.39 is 6.17 Å². The van der Waals surface area contributed by atoms with Crippen molar-refractivity contribution in [3.63, 3.8) is 0 Å². The molecule has 90 valence electrons. The first-order chi connectivity index (χ1) is 7.65. The minimum absolute atomic E-state index is 0.0130. The van der Waals surface area contributed by atoms with E-state index in [0.717, 1.165) is 12.2 Å². The van der Waals surface area contributed by atoms with Gasteiger partial charge in [0.1, 0.15) is 11.7 Å². The maximum atomic E-state index is 12.9. The molecule has 4 atom stereocenters. The maximum absolute atomic E-state index is 12.9. The van der Waals surface area contributed by atoms with E-state index in [4.69, 9.17) is 0 Å². The van der Waals surface area contributed by atoms with Crippen molar-refractivity contribution in [1.82, 2.24) is 10.6 Å². The van der Waals surface area contributed by atoms with Gasteiger partial charge in [-0.05, 0) is 18.8 Å². The fourth-order valence-corrected chi connectivity index (χ4v) is 3.41. The summed E-state index contributed by atoms with van der Waals surface area (Å²) >= 11 is 1.70. The number of halogens is 1. The van der Waals surface area contributed by atoms with Crippen molar-refractivity contribution in [2.24, 2.45) is 5.92 Å². The van der Waals surface area contributed by atoms with Crippen LogP contribution in [0.4, 0.5) is 4.39 Å². The first-order valence-electron chi connectivity index (χ1n) is 5.62. The van der Waals surface area contributed by atoms with Gasteiger partial charge >= 0.3 is 0 Å². The molecule has 2 N–H and O–H groups in total. The highest BCUT2D eigenvalue weighted by Crippen LogP contribution is 2.29. The van der Waals surface area contributed by atoms with E-state index in [1.54, 1.807) is 17.8 Å². The summed E-state index contributed by atoms with van der Waals surface area (Å²) in [6, 6.07) is 0.352. The third kappa shape index (κ3) is 2.98. The van der Waals surface area contributed by atoms with E-state index in [1.165, 1.54) is 6.92 Å². The Bertz CT molecular complexity index is 298. The Balaban J connectivity index is 1.84. The van der Waals surface area contributed by atoms with Crippen molar-refractivity contribution in [3.05, 3.63) is 12.2 Å². The summed E-state index contributed by atoms with van der Waals surface area (Å²) in [5, 5.41) is 6.20. The van der Waals surface area contributed by atoms with Crippen LogP contribution < -0.4 is 10.6 Å². The molecule has 0 aromatic heterocycles. The second kappa shape index (κ2) is 5.19. The molecule has 1 aliphatic carbocycles. The van der Waals surface area contributed by atoms with Crippen LogP contribution in [0.25, 0.3) is 0 Å². The molecule has 1 fully saturated rings. The standard InChI is InChI=1S/C11H17FN2OS/c1-7(15)13-11-14-10(6-16-11)8-2-4-9(12)5-3-8/h2,4,8-11,14H,3,5-6H2,1H3,(H,13,15). The SMILES string of the molecule is CC(=O)NC1NC(C2C=CC(F)CC2)CS1. The molecule has 0 saturated carbocycles. The number of carbonyl (C=O) groups is 1. The summed E-state index contributed by atoms with van der Waals surface area (Å²) in [6.45, 7) is 1.52. The van der Waals surface area contributed by atoms with Gasteiger partial charge in [0.05, 0.1) is 0 Å². The lowest BCUT2D eigenvalue weighted by Crippen LogP contribution is -2.44. The average molecular weight is 244 g/mol. The van der Waals surface area contributed by atoms with Crippen LogP contribution >= 0.6 is 11.8 Å². The van der Waals surface area contributed by atoms with Gasteiger partial charge < -0.3 is 5.32 Å². The molecule has 0 bridgehead atoms. The minimum Gasteiger partial charge on any atom is -0.332 e. The van der Waals surface area contributed by atoms with Gasteiger partial charge in [0, 0.05) is 18.7 Å². The van der Waals surface area contributed by atoms with Crippen LogP contribution in [0, 0.1) is 5.92 Å². The van der Waals surface area contributed by atoms with Crippen LogP contribution in [0.5, 0.6) is 0 Å². The molecule has 0 aromatic carbocycles. The Morgan fingerprint density at radius 3 is 2.94 bits per heavy atom. The quantitative estimate of drug-likeness (QED) is 0.722. The zero-order valence-corrected chi connectivity index (χ0v) is 10.1. The molecule has 4 unspecified atom stereocenters. The predicted molar refractivity (Wildman–Crippen MR) is 63.7 cm³/mol. The second-order valence-electron chi connectivity index (χ2n) is 4.33. The fourth-order valence-electron chi connectivity index (χ4n) is 2.15. The number of nitrogens with one attached hydrogen (secondary N) is 2. The number of hydrogen-bond donors (Lipinski definition) is 2. The Kier molecular flexibility index (Phi) is 3.86. The van der Waals surface area contributed by atoms with E-state index in [1.807, 2.05) is 6.08 Å². The summed E-state index contributed by atoms with van der Waals surface area (Å²) < 4.78 is 12.9.